The molecule has 4 rings (SSSR count). The van der Waals surface area contributed by atoms with Crippen LogP contribution in [-0.2, 0) is 14.8 Å². The van der Waals surface area contributed by atoms with Crippen molar-refractivity contribution >= 4 is 33.3 Å². The molecule has 0 radical (unpaired) electrons. The van der Waals surface area contributed by atoms with Crippen LogP contribution in [0.3, 0.4) is 0 Å². The van der Waals surface area contributed by atoms with Crippen LogP contribution in [0.15, 0.2) is 41.4 Å². The number of pyridine rings is 1. The Hall–Kier alpha value is -2.43. The summed E-state index contributed by atoms with van der Waals surface area (Å²) in [5.74, 6) is 0.0282. The third kappa shape index (κ3) is 5.07. The lowest BCUT2D eigenvalue weighted by atomic mass is 9.96. The van der Waals surface area contributed by atoms with Crippen molar-refractivity contribution in [3.05, 3.63) is 47.4 Å². The minimum atomic E-state index is -3.79. The topological polar surface area (TPSA) is 115 Å². The summed E-state index contributed by atoms with van der Waals surface area (Å²) in [4.78, 5) is 19.4. The van der Waals surface area contributed by atoms with Crippen molar-refractivity contribution in [2.75, 3.05) is 4.90 Å². The summed E-state index contributed by atoms with van der Waals surface area (Å²) in [7, 11) is -3.79. The lowest BCUT2D eigenvalue weighted by Gasteiger charge is -2.40. The van der Waals surface area contributed by atoms with Crippen LogP contribution in [0.2, 0.25) is 5.02 Å². The molecule has 1 aromatic carbocycles. The van der Waals surface area contributed by atoms with E-state index in [0.29, 0.717) is 5.82 Å². The molecule has 2 atom stereocenters. The first-order valence-corrected chi connectivity index (χ1v) is 12.6. The smallest absolute Gasteiger partial charge is 0.263 e. The third-order valence-electron chi connectivity index (χ3n) is 6.19. The van der Waals surface area contributed by atoms with E-state index in [-0.39, 0.29) is 39.7 Å². The Morgan fingerprint density at radius 3 is 2.45 bits per heavy atom. The summed E-state index contributed by atoms with van der Waals surface area (Å²) < 4.78 is 42.4. The molecule has 2 aliphatic rings. The van der Waals surface area contributed by atoms with Gasteiger partial charge in [0, 0.05) is 30.4 Å². The molecule has 11 heteroatoms. The van der Waals surface area contributed by atoms with Gasteiger partial charge in [0.1, 0.15) is 22.3 Å². The van der Waals surface area contributed by atoms with Crippen LogP contribution in [0.5, 0.6) is 5.75 Å². The Balaban J connectivity index is 1.40. The SMILES string of the molecule is CC(C)(Oc1ccc(Cl)c(F)c1)C(=O)NC1CC2CCC(C1)N2c1ccc(S(N)(=O)=O)cn1. The maximum Gasteiger partial charge on any atom is 0.263 e. The van der Waals surface area contributed by atoms with Gasteiger partial charge >= 0.3 is 0 Å². The van der Waals surface area contributed by atoms with Crippen LogP contribution in [0.1, 0.15) is 39.5 Å². The molecule has 8 nitrogen and oxygen atoms in total. The Bertz CT molecular complexity index is 1150. The molecule has 3 N–H and O–H groups in total. The first-order chi connectivity index (χ1) is 15.4. The number of benzene rings is 1. The molecule has 2 fully saturated rings. The summed E-state index contributed by atoms with van der Waals surface area (Å²) in [6.45, 7) is 3.27. The van der Waals surface area contributed by atoms with Crippen molar-refractivity contribution in [3.8, 4) is 5.75 Å². The van der Waals surface area contributed by atoms with E-state index in [9.17, 15) is 17.6 Å². The number of carbonyl (C=O) groups is 1. The molecule has 0 saturated carbocycles. The second-order valence-electron chi connectivity index (χ2n) is 9.02. The number of hydrogen-bond donors (Lipinski definition) is 2. The Labute approximate surface area is 197 Å². The normalized spacial score (nSPS) is 22.8. The fourth-order valence-corrected chi connectivity index (χ4v) is 5.18. The molecule has 2 aromatic rings. The second kappa shape index (κ2) is 8.73. The van der Waals surface area contributed by atoms with Gasteiger partial charge in [-0.2, -0.15) is 0 Å². The molecule has 0 spiro atoms. The molecule has 2 aliphatic heterocycles. The number of primary sulfonamides is 1. The standard InChI is InChI=1S/C22H26ClFN4O4S/c1-22(2,32-16-5-7-18(23)19(24)11-16)21(29)27-13-9-14-3-4-15(10-13)28(14)20-8-6-17(12-26-20)33(25,30)31/h5-8,11-15H,3-4,9-10H2,1-2H3,(H,27,29)(H2,25,30,31). The van der Waals surface area contributed by atoms with E-state index in [0.717, 1.165) is 31.7 Å². The third-order valence-corrected chi connectivity index (χ3v) is 7.40. The first-order valence-electron chi connectivity index (χ1n) is 10.7. The molecule has 3 heterocycles. The van der Waals surface area contributed by atoms with E-state index < -0.39 is 21.4 Å². The Morgan fingerprint density at radius 1 is 1.24 bits per heavy atom. The first kappa shape index (κ1) is 23.7. The molecule has 2 bridgehead atoms. The van der Waals surface area contributed by atoms with Gasteiger partial charge in [0.05, 0.1) is 5.02 Å². The monoisotopic (exact) mass is 496 g/mol. The van der Waals surface area contributed by atoms with Crippen LogP contribution in [0, 0.1) is 5.82 Å². The largest absolute Gasteiger partial charge is 0.478 e. The van der Waals surface area contributed by atoms with Crippen molar-refractivity contribution in [2.45, 2.75) is 68.2 Å². The fraction of sp³-hybridized carbons (Fsp3) is 0.455. The molecule has 1 aromatic heterocycles. The average Bonchev–Trinajstić information content (AvgIpc) is 3.00. The zero-order valence-electron chi connectivity index (χ0n) is 18.3. The highest BCUT2D eigenvalue weighted by Gasteiger charge is 2.43. The minimum Gasteiger partial charge on any atom is -0.478 e. The predicted octanol–water partition coefficient (Wildman–Crippen LogP) is 3.00. The van der Waals surface area contributed by atoms with Crippen molar-refractivity contribution in [1.82, 2.24) is 10.3 Å². The number of hydrogen-bond acceptors (Lipinski definition) is 6. The van der Waals surface area contributed by atoms with Gasteiger partial charge in [-0.15, -0.1) is 0 Å². The highest BCUT2D eigenvalue weighted by atomic mass is 35.5. The quantitative estimate of drug-likeness (QED) is 0.635. The van der Waals surface area contributed by atoms with Crippen LogP contribution >= 0.6 is 11.6 Å². The number of nitrogens with two attached hydrogens (primary N) is 1. The van der Waals surface area contributed by atoms with E-state index in [2.05, 4.69) is 15.2 Å². The lowest BCUT2D eigenvalue weighted by molar-refractivity contribution is -0.135. The number of sulfonamides is 1. The highest BCUT2D eigenvalue weighted by Crippen LogP contribution is 2.39. The van der Waals surface area contributed by atoms with Crippen molar-refractivity contribution in [3.63, 3.8) is 0 Å². The van der Waals surface area contributed by atoms with Gasteiger partial charge in [-0.3, -0.25) is 4.79 Å². The predicted molar refractivity (Wildman–Crippen MR) is 122 cm³/mol. The van der Waals surface area contributed by atoms with Crippen LogP contribution in [0.4, 0.5) is 10.2 Å². The van der Waals surface area contributed by atoms with E-state index in [4.69, 9.17) is 21.5 Å². The summed E-state index contributed by atoms with van der Waals surface area (Å²) in [6.07, 6.45) is 4.65. The Morgan fingerprint density at radius 2 is 1.91 bits per heavy atom. The maximum absolute atomic E-state index is 13.7. The summed E-state index contributed by atoms with van der Waals surface area (Å²) in [5.41, 5.74) is -1.21. The molecular weight excluding hydrogens is 471 g/mol. The van der Waals surface area contributed by atoms with E-state index >= 15 is 0 Å². The molecule has 0 aliphatic carbocycles. The number of nitrogens with zero attached hydrogens (tertiary/aromatic N) is 2. The van der Waals surface area contributed by atoms with Gasteiger partial charge in [-0.1, -0.05) is 11.6 Å². The minimum absolute atomic E-state index is 0.0133. The average molecular weight is 497 g/mol. The maximum atomic E-state index is 13.7. The van der Waals surface area contributed by atoms with Gasteiger partial charge in [-0.05, 0) is 63.8 Å². The fourth-order valence-electron chi connectivity index (χ4n) is 4.60. The van der Waals surface area contributed by atoms with Crippen LogP contribution in [-0.4, -0.2) is 43.0 Å². The summed E-state index contributed by atoms with van der Waals surface area (Å²) >= 11 is 5.71. The van der Waals surface area contributed by atoms with E-state index in [1.807, 2.05) is 0 Å². The van der Waals surface area contributed by atoms with Gasteiger partial charge in [0.15, 0.2) is 5.60 Å². The zero-order chi connectivity index (χ0) is 24.0. The van der Waals surface area contributed by atoms with Gasteiger partial charge < -0.3 is 15.0 Å². The van der Waals surface area contributed by atoms with Gasteiger partial charge in [0.2, 0.25) is 10.0 Å². The number of carbonyl (C=O) groups excluding carboxylic acids is 1. The molecule has 33 heavy (non-hydrogen) atoms. The van der Waals surface area contributed by atoms with E-state index in [1.165, 1.54) is 24.4 Å². The van der Waals surface area contributed by atoms with Crippen molar-refractivity contribution in [1.29, 1.82) is 0 Å². The molecule has 2 unspecified atom stereocenters. The molecule has 178 valence electrons. The highest BCUT2D eigenvalue weighted by molar-refractivity contribution is 7.89. The number of anilines is 1. The van der Waals surface area contributed by atoms with E-state index in [1.54, 1.807) is 19.9 Å². The van der Waals surface area contributed by atoms with Crippen LogP contribution in [0.25, 0.3) is 0 Å². The second-order valence-corrected chi connectivity index (χ2v) is 11.0. The molecule has 1 amide bonds. The number of amides is 1. The number of nitrogens with one attached hydrogen (secondary N) is 1. The number of rotatable bonds is 6. The number of fused-ring (bicyclic) bond motifs is 2. The molecular formula is C22H26ClFN4O4S. The summed E-state index contributed by atoms with van der Waals surface area (Å²) in [5, 5.41) is 8.23. The number of aromatic nitrogens is 1. The van der Waals surface area contributed by atoms with Crippen molar-refractivity contribution in [2.24, 2.45) is 5.14 Å². The molecule has 2 saturated heterocycles. The Kier molecular flexibility index (Phi) is 6.28. The van der Waals surface area contributed by atoms with Crippen molar-refractivity contribution < 1.29 is 22.3 Å². The van der Waals surface area contributed by atoms with Gasteiger partial charge in [-0.25, -0.2) is 22.9 Å². The zero-order valence-corrected chi connectivity index (χ0v) is 19.9. The van der Waals surface area contributed by atoms with Gasteiger partial charge in [0.25, 0.3) is 5.91 Å². The summed E-state index contributed by atoms with van der Waals surface area (Å²) in [6, 6.07) is 7.51. The number of piperidine rings is 1. The van der Waals surface area contributed by atoms with Crippen LogP contribution < -0.4 is 20.1 Å². The number of halogens is 2. The lowest BCUT2D eigenvalue weighted by Crippen LogP contribution is -2.55. The number of ether oxygens (including phenoxy) is 1.